The lowest BCUT2D eigenvalue weighted by atomic mass is 10.0. The standard InChI is InChI=1S/C18H17N3O2S/c22-24(23,15-5-2-1-3-6-15)21-13-16(14-8-11-19-12-9-14)18-17(21)7-4-10-20-18/h1-8,10,13,19H,9,11-12H2. The molecule has 0 saturated carbocycles. The zero-order chi connectivity index (χ0) is 16.6. The molecule has 0 saturated heterocycles. The van der Waals surface area contributed by atoms with Gasteiger partial charge in [-0.3, -0.25) is 4.98 Å². The zero-order valence-electron chi connectivity index (χ0n) is 13.0. The molecular formula is C18H17N3O2S. The van der Waals surface area contributed by atoms with Crippen molar-refractivity contribution in [3.63, 3.8) is 0 Å². The van der Waals surface area contributed by atoms with Gasteiger partial charge in [-0.1, -0.05) is 24.3 Å². The van der Waals surface area contributed by atoms with Gasteiger partial charge in [0.2, 0.25) is 0 Å². The number of nitrogens with one attached hydrogen (secondary N) is 1. The maximum absolute atomic E-state index is 13.0. The number of rotatable bonds is 3. The van der Waals surface area contributed by atoms with E-state index in [1.54, 1.807) is 54.9 Å². The van der Waals surface area contributed by atoms with Gasteiger partial charge >= 0.3 is 0 Å². The number of fused-ring (bicyclic) bond motifs is 1. The summed E-state index contributed by atoms with van der Waals surface area (Å²) in [4.78, 5) is 4.71. The number of nitrogens with zero attached hydrogens (tertiary/aromatic N) is 2. The van der Waals surface area contributed by atoms with E-state index in [1.165, 1.54) is 3.97 Å². The molecule has 0 unspecified atom stereocenters. The second kappa shape index (κ2) is 5.89. The first-order valence-corrected chi connectivity index (χ1v) is 9.29. The Labute approximate surface area is 140 Å². The Balaban J connectivity index is 1.96. The van der Waals surface area contributed by atoms with Crippen molar-refractivity contribution in [2.24, 2.45) is 0 Å². The van der Waals surface area contributed by atoms with E-state index >= 15 is 0 Å². The molecule has 1 N–H and O–H groups in total. The fraction of sp³-hybridized carbons (Fsp3) is 0.167. The van der Waals surface area contributed by atoms with Crippen LogP contribution in [0.1, 0.15) is 12.0 Å². The monoisotopic (exact) mass is 339 g/mol. The molecule has 0 amide bonds. The molecule has 6 heteroatoms. The molecule has 4 rings (SSSR count). The predicted octanol–water partition coefficient (Wildman–Crippen LogP) is 2.65. The van der Waals surface area contributed by atoms with Crippen molar-refractivity contribution >= 4 is 26.6 Å². The molecule has 0 bridgehead atoms. The Bertz CT molecular complexity index is 1020. The summed E-state index contributed by atoms with van der Waals surface area (Å²) < 4.78 is 27.4. The van der Waals surface area contributed by atoms with E-state index in [9.17, 15) is 8.42 Å². The van der Waals surface area contributed by atoms with E-state index in [-0.39, 0.29) is 4.90 Å². The van der Waals surface area contributed by atoms with Crippen molar-refractivity contribution in [1.82, 2.24) is 14.3 Å². The van der Waals surface area contributed by atoms with E-state index in [2.05, 4.69) is 16.4 Å². The highest BCUT2D eigenvalue weighted by Crippen LogP contribution is 2.30. The van der Waals surface area contributed by atoms with E-state index in [1.807, 2.05) is 0 Å². The van der Waals surface area contributed by atoms with Gasteiger partial charge in [-0.25, -0.2) is 12.4 Å². The lowest BCUT2D eigenvalue weighted by Crippen LogP contribution is -2.20. The van der Waals surface area contributed by atoms with Crippen molar-refractivity contribution in [3.8, 4) is 0 Å². The number of hydrogen-bond donors (Lipinski definition) is 1. The van der Waals surface area contributed by atoms with Gasteiger partial charge in [0.15, 0.2) is 0 Å². The summed E-state index contributed by atoms with van der Waals surface area (Å²) >= 11 is 0. The van der Waals surface area contributed by atoms with Gasteiger partial charge in [0.1, 0.15) is 0 Å². The van der Waals surface area contributed by atoms with E-state index in [0.717, 1.165) is 36.2 Å². The Kier molecular flexibility index (Phi) is 3.70. The van der Waals surface area contributed by atoms with Crippen LogP contribution in [-0.2, 0) is 10.0 Å². The molecule has 0 spiro atoms. The Morgan fingerprint density at radius 3 is 2.67 bits per heavy atom. The molecule has 1 aliphatic rings. The van der Waals surface area contributed by atoms with Crippen molar-refractivity contribution in [2.75, 3.05) is 13.1 Å². The van der Waals surface area contributed by atoms with Crippen LogP contribution in [0.25, 0.3) is 16.6 Å². The third-order valence-electron chi connectivity index (χ3n) is 4.24. The summed E-state index contributed by atoms with van der Waals surface area (Å²) in [6.45, 7) is 1.68. The maximum atomic E-state index is 13.0. The molecule has 5 nitrogen and oxygen atoms in total. The molecular weight excluding hydrogens is 322 g/mol. The van der Waals surface area contributed by atoms with Gasteiger partial charge in [-0.2, -0.15) is 0 Å². The van der Waals surface area contributed by atoms with Crippen molar-refractivity contribution in [2.45, 2.75) is 11.3 Å². The molecule has 0 fully saturated rings. The largest absolute Gasteiger partial charge is 0.313 e. The van der Waals surface area contributed by atoms with Crippen molar-refractivity contribution in [1.29, 1.82) is 0 Å². The molecule has 0 aliphatic carbocycles. The molecule has 122 valence electrons. The lowest BCUT2D eigenvalue weighted by molar-refractivity contribution is 0.589. The lowest BCUT2D eigenvalue weighted by Gasteiger charge is -2.12. The predicted molar refractivity (Wildman–Crippen MR) is 94.2 cm³/mol. The highest BCUT2D eigenvalue weighted by atomic mass is 32.2. The molecule has 3 aromatic rings. The molecule has 3 heterocycles. The highest BCUT2D eigenvalue weighted by molar-refractivity contribution is 7.90. The maximum Gasteiger partial charge on any atom is 0.268 e. The number of benzene rings is 1. The van der Waals surface area contributed by atoms with Gasteiger partial charge in [0.25, 0.3) is 10.0 Å². The average molecular weight is 339 g/mol. The molecule has 2 aromatic heterocycles. The number of aromatic nitrogens is 2. The second-order valence-electron chi connectivity index (χ2n) is 5.71. The SMILES string of the molecule is O=S(=O)(c1ccccc1)n1cc(C2=CCNCC2)c2ncccc21. The van der Waals surface area contributed by atoms with Crippen LogP contribution in [0.3, 0.4) is 0 Å². The second-order valence-corrected chi connectivity index (χ2v) is 7.53. The van der Waals surface area contributed by atoms with Gasteiger partial charge in [-0.05, 0) is 42.8 Å². The Hall–Kier alpha value is -2.44. The van der Waals surface area contributed by atoms with E-state index in [0.29, 0.717) is 5.52 Å². The van der Waals surface area contributed by atoms with Crippen LogP contribution in [0.15, 0.2) is 65.8 Å². The average Bonchev–Trinajstić information content (AvgIpc) is 3.04. The van der Waals surface area contributed by atoms with Crippen LogP contribution in [0.4, 0.5) is 0 Å². The fourth-order valence-electron chi connectivity index (χ4n) is 3.04. The summed E-state index contributed by atoms with van der Waals surface area (Å²) in [7, 11) is -3.65. The third kappa shape index (κ3) is 2.44. The highest BCUT2D eigenvalue weighted by Gasteiger charge is 2.23. The number of hydrogen-bond acceptors (Lipinski definition) is 4. The third-order valence-corrected chi connectivity index (χ3v) is 5.92. The molecule has 24 heavy (non-hydrogen) atoms. The van der Waals surface area contributed by atoms with E-state index in [4.69, 9.17) is 0 Å². The van der Waals surface area contributed by atoms with Crippen LogP contribution in [0.5, 0.6) is 0 Å². The first-order chi connectivity index (χ1) is 11.7. The summed E-state index contributed by atoms with van der Waals surface area (Å²) in [5.74, 6) is 0. The van der Waals surface area contributed by atoms with Crippen LogP contribution < -0.4 is 5.32 Å². The summed E-state index contributed by atoms with van der Waals surface area (Å²) in [5, 5.41) is 3.27. The minimum Gasteiger partial charge on any atom is -0.313 e. The zero-order valence-corrected chi connectivity index (χ0v) is 13.8. The van der Waals surface area contributed by atoms with Gasteiger partial charge < -0.3 is 5.32 Å². The Morgan fingerprint density at radius 1 is 1.08 bits per heavy atom. The van der Waals surface area contributed by atoms with Crippen LogP contribution >= 0.6 is 0 Å². The summed E-state index contributed by atoms with van der Waals surface area (Å²) in [5.41, 5.74) is 3.37. The first kappa shape index (κ1) is 15.1. The van der Waals surface area contributed by atoms with Gasteiger partial charge in [-0.15, -0.1) is 0 Å². The molecule has 1 aliphatic heterocycles. The Morgan fingerprint density at radius 2 is 1.92 bits per heavy atom. The van der Waals surface area contributed by atoms with Crippen molar-refractivity contribution in [3.05, 3.63) is 66.5 Å². The van der Waals surface area contributed by atoms with Gasteiger partial charge in [0.05, 0.1) is 15.9 Å². The molecule has 0 radical (unpaired) electrons. The van der Waals surface area contributed by atoms with Crippen LogP contribution in [0, 0.1) is 0 Å². The topological polar surface area (TPSA) is 64.0 Å². The van der Waals surface area contributed by atoms with Crippen molar-refractivity contribution < 1.29 is 8.42 Å². The fourth-order valence-corrected chi connectivity index (χ4v) is 4.42. The normalized spacial score (nSPS) is 15.4. The van der Waals surface area contributed by atoms with Crippen LogP contribution in [0.2, 0.25) is 0 Å². The quantitative estimate of drug-likeness (QED) is 0.797. The summed E-state index contributed by atoms with van der Waals surface area (Å²) in [6, 6.07) is 12.1. The number of pyridine rings is 1. The molecule has 0 atom stereocenters. The van der Waals surface area contributed by atoms with Gasteiger partial charge in [0, 0.05) is 24.5 Å². The first-order valence-electron chi connectivity index (χ1n) is 7.85. The van der Waals surface area contributed by atoms with Crippen LogP contribution in [-0.4, -0.2) is 30.5 Å². The molecule has 1 aromatic carbocycles. The minimum absolute atomic E-state index is 0.275. The summed E-state index contributed by atoms with van der Waals surface area (Å²) in [6.07, 6.45) is 6.37. The van der Waals surface area contributed by atoms with E-state index < -0.39 is 10.0 Å². The minimum atomic E-state index is -3.65. The smallest absolute Gasteiger partial charge is 0.268 e.